The molecule has 0 N–H and O–H groups in total. The highest BCUT2D eigenvalue weighted by molar-refractivity contribution is 5.99. The average Bonchev–Trinajstić information content (AvgIpc) is 3.49. The van der Waals surface area contributed by atoms with E-state index in [1.54, 1.807) is 4.90 Å². The van der Waals surface area contributed by atoms with E-state index >= 15 is 0 Å². The van der Waals surface area contributed by atoms with Crippen molar-refractivity contribution in [2.45, 2.75) is 31.8 Å². The Kier molecular flexibility index (Phi) is 3.86. The lowest BCUT2D eigenvalue weighted by atomic mass is 10.1. The molecule has 2 aromatic carbocycles. The van der Waals surface area contributed by atoms with Crippen molar-refractivity contribution in [3.05, 3.63) is 82.7 Å². The van der Waals surface area contributed by atoms with E-state index in [2.05, 4.69) is 0 Å². The quantitative estimate of drug-likeness (QED) is 0.651. The number of imidazole rings is 1. The van der Waals surface area contributed by atoms with E-state index in [9.17, 15) is 14.0 Å². The van der Waals surface area contributed by atoms with Gasteiger partial charge in [0, 0.05) is 18.7 Å². The smallest absolute Gasteiger partial charge is 0.256 e. The van der Waals surface area contributed by atoms with E-state index in [0.29, 0.717) is 31.0 Å². The van der Waals surface area contributed by atoms with E-state index in [0.717, 1.165) is 29.9 Å². The molecular formula is C22H18FN3O2. The Hall–Kier alpha value is -3.28. The van der Waals surface area contributed by atoms with E-state index < -0.39 is 5.82 Å². The fourth-order valence-electron chi connectivity index (χ4n) is 3.72. The minimum Gasteiger partial charge on any atom is -0.327 e. The normalized spacial score (nSPS) is 15.8. The van der Waals surface area contributed by atoms with Crippen LogP contribution in [-0.4, -0.2) is 26.6 Å². The third-order valence-electron chi connectivity index (χ3n) is 5.36. The number of carbonyl (C=O) groups is 2. The van der Waals surface area contributed by atoms with Crippen molar-refractivity contribution >= 4 is 12.2 Å². The molecule has 3 aromatic rings. The van der Waals surface area contributed by atoms with Gasteiger partial charge >= 0.3 is 0 Å². The molecule has 5 rings (SSSR count). The molecule has 5 nitrogen and oxygen atoms in total. The molecule has 1 amide bonds. The highest BCUT2D eigenvalue weighted by Gasteiger charge is 2.32. The monoisotopic (exact) mass is 375 g/mol. The second-order valence-electron chi connectivity index (χ2n) is 7.38. The molecule has 1 fully saturated rings. The van der Waals surface area contributed by atoms with Crippen molar-refractivity contribution in [2.75, 3.05) is 0 Å². The van der Waals surface area contributed by atoms with Crippen molar-refractivity contribution in [2.24, 2.45) is 0 Å². The van der Waals surface area contributed by atoms with Crippen LogP contribution in [0.4, 0.5) is 4.39 Å². The van der Waals surface area contributed by atoms with Crippen LogP contribution in [0.3, 0.4) is 0 Å². The van der Waals surface area contributed by atoms with Crippen LogP contribution >= 0.6 is 0 Å². The minimum atomic E-state index is -0.687. The van der Waals surface area contributed by atoms with Crippen molar-refractivity contribution < 1.29 is 14.0 Å². The molecule has 1 saturated carbocycles. The van der Waals surface area contributed by atoms with Crippen LogP contribution in [0.15, 0.2) is 48.7 Å². The standard InChI is InChI=1S/C22H18FN3O2/c23-18-9-17-20(8-16(18)13-27)26-11-19(15-6-7-15)24-21(26)12-25(22(17)28)10-14-4-2-1-3-5-14/h1-5,8-9,11,13,15H,6-7,10,12H2. The van der Waals surface area contributed by atoms with Gasteiger partial charge in [0.1, 0.15) is 11.6 Å². The molecule has 0 unspecified atom stereocenters. The molecule has 0 radical (unpaired) electrons. The number of nitrogens with zero attached hydrogens (tertiary/aromatic N) is 3. The number of benzene rings is 2. The molecule has 2 heterocycles. The van der Waals surface area contributed by atoms with Crippen LogP contribution in [0, 0.1) is 5.82 Å². The van der Waals surface area contributed by atoms with Gasteiger partial charge in [0.25, 0.3) is 5.91 Å². The molecule has 1 aliphatic carbocycles. The van der Waals surface area contributed by atoms with Gasteiger partial charge in [-0.3, -0.25) is 9.59 Å². The predicted molar refractivity (Wildman–Crippen MR) is 101 cm³/mol. The Labute approximate surface area is 161 Å². The molecule has 1 aromatic heterocycles. The first-order valence-electron chi connectivity index (χ1n) is 9.34. The first-order chi connectivity index (χ1) is 13.6. The third kappa shape index (κ3) is 2.81. The Balaban J connectivity index is 1.65. The molecule has 0 spiro atoms. The number of aromatic nitrogens is 2. The van der Waals surface area contributed by atoms with Gasteiger partial charge in [0.2, 0.25) is 0 Å². The molecule has 28 heavy (non-hydrogen) atoms. The molecule has 0 saturated heterocycles. The van der Waals surface area contributed by atoms with E-state index in [-0.39, 0.29) is 17.0 Å². The topological polar surface area (TPSA) is 55.2 Å². The van der Waals surface area contributed by atoms with E-state index in [1.807, 2.05) is 41.1 Å². The molecule has 6 heteroatoms. The zero-order valence-electron chi connectivity index (χ0n) is 15.1. The zero-order valence-corrected chi connectivity index (χ0v) is 15.1. The summed E-state index contributed by atoms with van der Waals surface area (Å²) < 4.78 is 16.2. The second-order valence-corrected chi connectivity index (χ2v) is 7.38. The molecule has 140 valence electrons. The number of rotatable bonds is 4. The Morgan fingerprint density at radius 2 is 1.96 bits per heavy atom. The van der Waals surface area contributed by atoms with Gasteiger partial charge in [-0.05, 0) is 30.5 Å². The lowest BCUT2D eigenvalue weighted by Crippen LogP contribution is -2.29. The average molecular weight is 375 g/mol. The molecule has 2 aliphatic rings. The maximum absolute atomic E-state index is 14.3. The SMILES string of the molecule is O=Cc1cc2c(cc1F)C(=O)N(Cc1ccccc1)Cc1nc(C3CC3)cn1-2. The van der Waals surface area contributed by atoms with Gasteiger partial charge in [0.05, 0.1) is 29.1 Å². The summed E-state index contributed by atoms with van der Waals surface area (Å²) in [4.78, 5) is 30.9. The highest BCUT2D eigenvalue weighted by atomic mass is 19.1. The summed E-state index contributed by atoms with van der Waals surface area (Å²) in [6, 6.07) is 12.3. The van der Waals surface area contributed by atoms with Crippen molar-refractivity contribution in [3.63, 3.8) is 0 Å². The number of amides is 1. The Morgan fingerprint density at radius 1 is 1.18 bits per heavy atom. The Bertz CT molecular complexity index is 1090. The minimum absolute atomic E-state index is 0.0596. The molecule has 0 atom stereocenters. The van der Waals surface area contributed by atoms with E-state index in [4.69, 9.17) is 4.98 Å². The first-order valence-corrected chi connectivity index (χ1v) is 9.34. The lowest BCUT2D eigenvalue weighted by molar-refractivity contribution is 0.0730. The van der Waals surface area contributed by atoms with Crippen LogP contribution in [-0.2, 0) is 13.1 Å². The zero-order chi connectivity index (χ0) is 19.3. The van der Waals surface area contributed by atoms with Crippen LogP contribution < -0.4 is 0 Å². The van der Waals surface area contributed by atoms with Crippen LogP contribution in [0.5, 0.6) is 0 Å². The number of aldehydes is 1. The molecule has 1 aliphatic heterocycles. The summed E-state index contributed by atoms with van der Waals surface area (Å²) in [5.74, 6) is 0.224. The van der Waals surface area contributed by atoms with Crippen LogP contribution in [0.25, 0.3) is 5.69 Å². The predicted octanol–water partition coefficient (Wildman–Crippen LogP) is 3.86. The number of halogens is 1. The summed E-state index contributed by atoms with van der Waals surface area (Å²) in [6.45, 7) is 0.731. The lowest BCUT2D eigenvalue weighted by Gasteiger charge is -2.20. The maximum Gasteiger partial charge on any atom is 0.256 e. The van der Waals surface area contributed by atoms with Crippen molar-refractivity contribution in [1.82, 2.24) is 14.5 Å². The summed E-state index contributed by atoms with van der Waals surface area (Å²) in [5, 5.41) is 0. The fourth-order valence-corrected chi connectivity index (χ4v) is 3.72. The molecule has 0 bridgehead atoms. The summed E-state index contributed by atoms with van der Waals surface area (Å²) >= 11 is 0. The van der Waals surface area contributed by atoms with Gasteiger partial charge in [-0.2, -0.15) is 0 Å². The van der Waals surface area contributed by atoms with Crippen molar-refractivity contribution in [3.8, 4) is 5.69 Å². The summed E-state index contributed by atoms with van der Waals surface area (Å²) in [5.41, 5.74) is 2.68. The summed E-state index contributed by atoms with van der Waals surface area (Å²) in [6.07, 6.45) is 4.63. The van der Waals surface area contributed by atoms with Crippen molar-refractivity contribution in [1.29, 1.82) is 0 Å². The second kappa shape index (κ2) is 6.41. The number of hydrogen-bond donors (Lipinski definition) is 0. The first kappa shape index (κ1) is 16.9. The number of carbonyl (C=O) groups excluding carboxylic acids is 2. The van der Waals surface area contributed by atoms with Gasteiger partial charge in [0.15, 0.2) is 6.29 Å². The maximum atomic E-state index is 14.3. The number of fused-ring (bicyclic) bond motifs is 3. The third-order valence-corrected chi connectivity index (χ3v) is 5.36. The Morgan fingerprint density at radius 3 is 2.68 bits per heavy atom. The van der Waals surface area contributed by atoms with Gasteiger partial charge < -0.3 is 9.47 Å². The van der Waals surface area contributed by atoms with E-state index in [1.165, 1.54) is 12.1 Å². The number of hydrogen-bond acceptors (Lipinski definition) is 3. The van der Waals surface area contributed by atoms with Gasteiger partial charge in [-0.1, -0.05) is 30.3 Å². The largest absolute Gasteiger partial charge is 0.327 e. The van der Waals surface area contributed by atoms with Crippen LogP contribution in [0.1, 0.15) is 56.6 Å². The summed E-state index contributed by atoms with van der Waals surface area (Å²) in [7, 11) is 0. The van der Waals surface area contributed by atoms with Crippen LogP contribution in [0.2, 0.25) is 0 Å². The highest BCUT2D eigenvalue weighted by Crippen LogP contribution is 2.40. The fraction of sp³-hybridized carbons (Fsp3) is 0.227. The molecular weight excluding hydrogens is 357 g/mol. The van der Waals surface area contributed by atoms with Gasteiger partial charge in [-0.15, -0.1) is 0 Å². The van der Waals surface area contributed by atoms with Gasteiger partial charge in [-0.25, -0.2) is 9.37 Å².